The summed E-state index contributed by atoms with van der Waals surface area (Å²) in [6.07, 6.45) is -4.43. The van der Waals surface area contributed by atoms with Crippen molar-refractivity contribution in [3.05, 3.63) is 35.4 Å². The molecule has 0 aromatic heterocycles. The maximum Gasteiger partial charge on any atom is 0.416 e. The fourth-order valence-corrected chi connectivity index (χ4v) is 2.79. The number of hydrogen-bond acceptors (Lipinski definition) is 5. The van der Waals surface area contributed by atoms with Crippen molar-refractivity contribution in [3.63, 3.8) is 0 Å². The number of amides is 4. The SMILES string of the molecule is CC(C)[C@H](C(=O)NO)N1C(=O)N[C@@H](COCc2ccc(C(F)(F)F)cc2)C1=O. The van der Waals surface area contributed by atoms with Crippen molar-refractivity contribution in [2.24, 2.45) is 5.92 Å². The van der Waals surface area contributed by atoms with Gasteiger partial charge in [-0.15, -0.1) is 0 Å². The lowest BCUT2D eigenvalue weighted by Crippen LogP contribution is -2.52. The number of imide groups is 1. The molecule has 2 atom stereocenters. The van der Waals surface area contributed by atoms with E-state index in [1.165, 1.54) is 17.6 Å². The molecule has 0 saturated carbocycles. The second-order valence-corrected chi connectivity index (χ2v) is 6.59. The van der Waals surface area contributed by atoms with Gasteiger partial charge >= 0.3 is 12.2 Å². The second-order valence-electron chi connectivity index (χ2n) is 6.59. The van der Waals surface area contributed by atoms with Gasteiger partial charge in [0.05, 0.1) is 18.8 Å². The summed E-state index contributed by atoms with van der Waals surface area (Å²) in [5.41, 5.74) is 1.11. The molecule has 1 aliphatic rings. The largest absolute Gasteiger partial charge is 0.416 e. The van der Waals surface area contributed by atoms with Crippen LogP contribution in [0.2, 0.25) is 0 Å². The minimum atomic E-state index is -4.43. The molecular formula is C17H20F3N3O5. The zero-order chi connectivity index (χ0) is 21.1. The van der Waals surface area contributed by atoms with Crippen LogP contribution in [0.1, 0.15) is 25.0 Å². The molecule has 0 unspecified atom stereocenters. The van der Waals surface area contributed by atoms with Crippen LogP contribution < -0.4 is 10.8 Å². The average Bonchev–Trinajstić information content (AvgIpc) is 2.89. The normalized spacial score (nSPS) is 18.4. The minimum absolute atomic E-state index is 0.0669. The highest BCUT2D eigenvalue weighted by molar-refractivity contribution is 6.07. The quantitative estimate of drug-likeness (QED) is 0.365. The Bertz CT molecular complexity index is 737. The van der Waals surface area contributed by atoms with Crippen LogP contribution in [-0.4, -0.2) is 46.6 Å². The van der Waals surface area contributed by atoms with E-state index < -0.39 is 47.6 Å². The van der Waals surface area contributed by atoms with Crippen LogP contribution in [0.15, 0.2) is 24.3 Å². The van der Waals surface area contributed by atoms with Crippen LogP contribution in [0, 0.1) is 5.92 Å². The summed E-state index contributed by atoms with van der Waals surface area (Å²) < 4.78 is 42.9. The number of halogens is 3. The molecule has 154 valence electrons. The van der Waals surface area contributed by atoms with Gasteiger partial charge in [-0.1, -0.05) is 26.0 Å². The fourth-order valence-electron chi connectivity index (χ4n) is 2.79. The third-order valence-electron chi connectivity index (χ3n) is 4.18. The average molecular weight is 403 g/mol. The number of nitrogens with zero attached hydrogens (tertiary/aromatic N) is 1. The van der Waals surface area contributed by atoms with Gasteiger partial charge in [0, 0.05) is 0 Å². The molecule has 28 heavy (non-hydrogen) atoms. The van der Waals surface area contributed by atoms with Gasteiger partial charge in [0.15, 0.2) is 0 Å². The Balaban J connectivity index is 1.96. The highest BCUT2D eigenvalue weighted by atomic mass is 19.4. The van der Waals surface area contributed by atoms with E-state index in [1.807, 2.05) is 0 Å². The van der Waals surface area contributed by atoms with Crippen molar-refractivity contribution < 1.29 is 37.5 Å². The van der Waals surface area contributed by atoms with Crippen molar-refractivity contribution in [2.45, 2.75) is 38.7 Å². The van der Waals surface area contributed by atoms with Crippen LogP contribution >= 0.6 is 0 Å². The fraction of sp³-hybridized carbons (Fsp3) is 0.471. The van der Waals surface area contributed by atoms with E-state index >= 15 is 0 Å². The molecule has 0 spiro atoms. The lowest BCUT2D eigenvalue weighted by atomic mass is 10.0. The first-order valence-electron chi connectivity index (χ1n) is 8.37. The molecule has 0 aliphatic carbocycles. The lowest BCUT2D eigenvalue weighted by molar-refractivity contribution is -0.142. The first-order valence-corrected chi connectivity index (χ1v) is 8.37. The summed E-state index contributed by atoms with van der Waals surface area (Å²) in [7, 11) is 0. The molecule has 11 heteroatoms. The van der Waals surface area contributed by atoms with E-state index in [0.717, 1.165) is 17.0 Å². The molecular weight excluding hydrogens is 383 g/mol. The number of rotatable bonds is 7. The van der Waals surface area contributed by atoms with E-state index in [-0.39, 0.29) is 13.2 Å². The van der Waals surface area contributed by atoms with Gasteiger partial charge in [-0.25, -0.2) is 15.2 Å². The Kier molecular flexibility index (Phi) is 6.62. The Morgan fingerprint density at radius 2 is 1.89 bits per heavy atom. The second kappa shape index (κ2) is 8.57. The highest BCUT2D eigenvalue weighted by Crippen LogP contribution is 2.29. The highest BCUT2D eigenvalue weighted by Gasteiger charge is 2.45. The molecule has 0 radical (unpaired) electrons. The Hall–Kier alpha value is -2.66. The van der Waals surface area contributed by atoms with E-state index in [9.17, 15) is 27.6 Å². The monoisotopic (exact) mass is 403 g/mol. The molecule has 1 heterocycles. The maximum atomic E-state index is 12.5. The summed E-state index contributed by atoms with van der Waals surface area (Å²) in [6.45, 7) is 2.92. The summed E-state index contributed by atoms with van der Waals surface area (Å²) in [6, 6.07) is 1.31. The third kappa shape index (κ3) is 4.78. The number of ether oxygens (including phenoxy) is 1. The Morgan fingerprint density at radius 1 is 1.29 bits per heavy atom. The van der Waals surface area contributed by atoms with Crippen LogP contribution in [0.5, 0.6) is 0 Å². The van der Waals surface area contributed by atoms with Gasteiger partial charge in [0.1, 0.15) is 12.1 Å². The summed E-state index contributed by atoms with van der Waals surface area (Å²) in [4.78, 5) is 37.1. The minimum Gasteiger partial charge on any atom is -0.374 e. The smallest absolute Gasteiger partial charge is 0.374 e. The van der Waals surface area contributed by atoms with Crippen LogP contribution in [0.4, 0.5) is 18.0 Å². The summed E-state index contributed by atoms with van der Waals surface area (Å²) in [5.74, 6) is -2.04. The van der Waals surface area contributed by atoms with Gasteiger partial charge in [-0.05, 0) is 23.6 Å². The zero-order valence-corrected chi connectivity index (χ0v) is 15.1. The molecule has 1 fully saturated rings. The summed E-state index contributed by atoms with van der Waals surface area (Å²) in [5, 5.41) is 11.2. The van der Waals surface area contributed by atoms with Crippen molar-refractivity contribution in [1.29, 1.82) is 0 Å². The molecule has 2 rings (SSSR count). The van der Waals surface area contributed by atoms with Crippen LogP contribution in [0.3, 0.4) is 0 Å². The van der Waals surface area contributed by atoms with Gasteiger partial charge < -0.3 is 10.1 Å². The number of carbonyl (C=O) groups is 3. The number of hydroxylamine groups is 1. The van der Waals surface area contributed by atoms with E-state index in [1.54, 1.807) is 13.8 Å². The Labute approximate surface area is 158 Å². The number of alkyl halides is 3. The van der Waals surface area contributed by atoms with Gasteiger partial charge in [-0.3, -0.25) is 14.8 Å². The van der Waals surface area contributed by atoms with E-state index in [2.05, 4.69) is 5.32 Å². The van der Waals surface area contributed by atoms with E-state index in [0.29, 0.717) is 5.56 Å². The van der Waals surface area contributed by atoms with Gasteiger partial charge in [0.2, 0.25) is 0 Å². The molecule has 1 saturated heterocycles. The molecule has 0 bridgehead atoms. The first-order chi connectivity index (χ1) is 13.1. The number of urea groups is 1. The van der Waals surface area contributed by atoms with Crippen LogP contribution in [-0.2, 0) is 27.1 Å². The van der Waals surface area contributed by atoms with Crippen molar-refractivity contribution in [3.8, 4) is 0 Å². The zero-order valence-electron chi connectivity index (χ0n) is 15.1. The lowest BCUT2D eigenvalue weighted by Gasteiger charge is -2.26. The van der Waals surface area contributed by atoms with E-state index in [4.69, 9.17) is 9.94 Å². The molecule has 4 amide bonds. The number of carbonyl (C=O) groups excluding carboxylic acids is 3. The maximum absolute atomic E-state index is 12.5. The number of hydrogen-bond donors (Lipinski definition) is 3. The molecule has 1 aromatic carbocycles. The predicted molar refractivity (Wildman–Crippen MR) is 88.8 cm³/mol. The number of nitrogens with one attached hydrogen (secondary N) is 2. The van der Waals surface area contributed by atoms with Gasteiger partial charge in [0.25, 0.3) is 11.8 Å². The van der Waals surface area contributed by atoms with Crippen molar-refractivity contribution in [2.75, 3.05) is 6.61 Å². The molecule has 8 nitrogen and oxygen atoms in total. The topological polar surface area (TPSA) is 108 Å². The predicted octanol–water partition coefficient (Wildman–Crippen LogP) is 1.67. The molecule has 1 aromatic rings. The van der Waals surface area contributed by atoms with Gasteiger partial charge in [-0.2, -0.15) is 13.2 Å². The van der Waals surface area contributed by atoms with Crippen LogP contribution in [0.25, 0.3) is 0 Å². The standard InChI is InChI=1S/C17H20F3N3O5/c1-9(2)13(14(24)22-27)23-15(25)12(21-16(23)26)8-28-7-10-3-5-11(6-4-10)17(18,19)20/h3-6,9,12-13,27H,7-8H2,1-2H3,(H,21,26)(H,22,24)/t12-,13+/m0/s1. The summed E-state index contributed by atoms with van der Waals surface area (Å²) >= 11 is 0. The molecule has 3 N–H and O–H groups in total. The third-order valence-corrected chi connectivity index (χ3v) is 4.18. The Morgan fingerprint density at radius 3 is 2.39 bits per heavy atom. The number of benzene rings is 1. The molecule has 1 aliphatic heterocycles. The first kappa shape index (κ1) is 21.6. The van der Waals surface area contributed by atoms with Crippen molar-refractivity contribution >= 4 is 17.8 Å². The van der Waals surface area contributed by atoms with Crippen molar-refractivity contribution in [1.82, 2.24) is 15.7 Å².